The number of pyridine rings is 1. The van der Waals surface area contributed by atoms with Gasteiger partial charge in [0.15, 0.2) is 17.2 Å². The average molecular weight is 573 g/mol. The molecule has 0 aliphatic heterocycles. The third-order valence-corrected chi connectivity index (χ3v) is 5.40. The van der Waals surface area contributed by atoms with E-state index in [1.54, 1.807) is 19.1 Å². The average Bonchev–Trinajstić information content (AvgIpc) is 2.95. The molecular weight excluding hydrogens is 531 g/mol. The Bertz CT molecular complexity index is 1170. The largest absolute Gasteiger partial charge is 0.503 e. The normalized spacial score (nSPS) is 11.5. The van der Waals surface area contributed by atoms with Crippen LogP contribution in [0.3, 0.4) is 0 Å². The number of halogens is 1. The van der Waals surface area contributed by atoms with Crippen LogP contribution in [0.5, 0.6) is 17.2 Å². The minimum atomic E-state index is -0.786. The van der Waals surface area contributed by atoms with Crippen molar-refractivity contribution >= 4 is 11.9 Å². The summed E-state index contributed by atoms with van der Waals surface area (Å²) in [4.78, 5) is 25.5. The zero-order valence-corrected chi connectivity index (χ0v) is 24.6. The molecule has 0 radical (unpaired) electrons. The number of hydrogen-bond acceptors (Lipinski definition) is 8. The summed E-state index contributed by atoms with van der Waals surface area (Å²) in [5.74, 6) is -0.486. The zero-order valence-electron chi connectivity index (χ0n) is 24.6. The highest BCUT2D eigenvalue weighted by molar-refractivity contribution is 5.94. The molecule has 10 heteroatoms. The lowest BCUT2D eigenvalue weighted by molar-refractivity contribution is -0.149. The first-order chi connectivity index (χ1) is 19.5. The molecule has 2 atom stereocenters. The molecule has 2 aromatic carbocycles. The topological polar surface area (TPSA) is 130 Å². The summed E-state index contributed by atoms with van der Waals surface area (Å²) in [6.07, 6.45) is 2.01. The predicted octanol–water partition coefficient (Wildman–Crippen LogP) is 5.54. The van der Waals surface area contributed by atoms with Crippen molar-refractivity contribution in [3.8, 4) is 17.2 Å². The molecule has 1 aromatic heterocycles. The number of nitrogens with two attached hydrogens (primary N) is 1. The van der Waals surface area contributed by atoms with Gasteiger partial charge < -0.3 is 29.8 Å². The van der Waals surface area contributed by atoms with Gasteiger partial charge in [-0.1, -0.05) is 42.3 Å². The van der Waals surface area contributed by atoms with Crippen molar-refractivity contribution in [2.75, 3.05) is 20.3 Å². The number of carbonyl (C=O) groups is 2. The first-order valence-corrected chi connectivity index (χ1v) is 13.2. The van der Waals surface area contributed by atoms with E-state index in [-0.39, 0.29) is 41.2 Å². The second kappa shape index (κ2) is 19.0. The lowest BCUT2D eigenvalue weighted by Crippen LogP contribution is -2.29. The van der Waals surface area contributed by atoms with E-state index in [1.165, 1.54) is 37.1 Å². The maximum Gasteiger partial charge on any atom is 0.305 e. The Morgan fingerprint density at radius 3 is 2.07 bits per heavy atom. The lowest BCUT2D eigenvalue weighted by Gasteiger charge is -2.22. The quantitative estimate of drug-likeness (QED) is 0.287. The van der Waals surface area contributed by atoms with Crippen LogP contribution in [0.2, 0.25) is 0 Å². The summed E-state index contributed by atoms with van der Waals surface area (Å²) in [5, 5.41) is 9.27. The van der Waals surface area contributed by atoms with Gasteiger partial charge >= 0.3 is 5.97 Å². The van der Waals surface area contributed by atoms with Crippen LogP contribution in [-0.4, -0.2) is 54.5 Å². The van der Waals surface area contributed by atoms with Crippen LogP contribution in [0.1, 0.15) is 55.2 Å². The molecule has 224 valence electrons. The van der Waals surface area contributed by atoms with Crippen LogP contribution < -0.4 is 15.2 Å². The van der Waals surface area contributed by atoms with E-state index in [1.807, 2.05) is 52.0 Å². The van der Waals surface area contributed by atoms with Crippen LogP contribution >= 0.6 is 0 Å². The fourth-order valence-electron chi connectivity index (χ4n) is 3.25. The maximum atomic E-state index is 12.1. The molecule has 0 fully saturated rings. The number of primary amides is 1. The molecule has 0 saturated carbocycles. The van der Waals surface area contributed by atoms with Crippen molar-refractivity contribution < 1.29 is 38.0 Å². The summed E-state index contributed by atoms with van der Waals surface area (Å²) < 4.78 is 33.5. The van der Waals surface area contributed by atoms with Gasteiger partial charge in [0.1, 0.15) is 23.8 Å². The fraction of sp³-hybridized carbons (Fsp3) is 0.387. The Balaban J connectivity index is 0.000000350. The monoisotopic (exact) mass is 572 g/mol. The minimum absolute atomic E-state index is 0.132. The van der Waals surface area contributed by atoms with Crippen molar-refractivity contribution in [3.05, 3.63) is 83.4 Å². The van der Waals surface area contributed by atoms with E-state index < -0.39 is 5.91 Å². The Morgan fingerprint density at radius 2 is 1.59 bits per heavy atom. The number of aromatic nitrogens is 1. The van der Waals surface area contributed by atoms with Gasteiger partial charge in [-0.3, -0.25) is 9.59 Å². The third-order valence-electron chi connectivity index (χ3n) is 5.40. The first-order valence-electron chi connectivity index (χ1n) is 13.2. The smallest absolute Gasteiger partial charge is 0.305 e. The summed E-state index contributed by atoms with van der Waals surface area (Å²) in [6.45, 7) is 10.7. The number of nitrogens with zero attached hydrogens (tertiary/aromatic N) is 1. The van der Waals surface area contributed by atoms with Crippen LogP contribution in [-0.2, 0) is 14.3 Å². The highest BCUT2D eigenvalue weighted by Crippen LogP contribution is 2.26. The predicted molar refractivity (Wildman–Crippen MR) is 155 cm³/mol. The maximum absolute atomic E-state index is 12.1. The molecule has 1 amide bonds. The lowest BCUT2D eigenvalue weighted by atomic mass is 10.1. The molecule has 1 heterocycles. The SMILES string of the molecule is CCOCC(CC(C)OC(=O)CC)Oc1ccc(C)cc1.COc1ccnc(C(N)=O)c1O.Cc1ccc(F)cc1. The van der Waals surface area contributed by atoms with Gasteiger partial charge in [-0.05, 0) is 52.0 Å². The van der Waals surface area contributed by atoms with Crippen LogP contribution in [0.15, 0.2) is 60.8 Å². The number of hydrogen-bond donors (Lipinski definition) is 2. The number of ether oxygens (including phenoxy) is 4. The molecule has 2 unspecified atom stereocenters. The standard InChI is InChI=1S/C17H26O4.C7H7F.C7H8N2O3/c1-5-17(18)20-14(4)11-16(12-19-6-2)21-15-9-7-13(3)8-10-15;1-6-2-4-7(8)5-3-6;1-12-4-2-3-9-5(6(4)10)7(8)11/h7-10,14,16H,5-6,11-12H2,1-4H3;2-5H,1H3;2-3,10H,1H3,(H2,8,11). The summed E-state index contributed by atoms with van der Waals surface area (Å²) in [7, 11) is 1.37. The highest BCUT2D eigenvalue weighted by Gasteiger charge is 2.18. The summed E-state index contributed by atoms with van der Waals surface area (Å²) in [5.41, 5.74) is 7.01. The van der Waals surface area contributed by atoms with Gasteiger partial charge in [0.05, 0.1) is 13.7 Å². The van der Waals surface area contributed by atoms with Crippen molar-refractivity contribution in [3.63, 3.8) is 0 Å². The zero-order chi connectivity index (χ0) is 30.8. The van der Waals surface area contributed by atoms with Crippen molar-refractivity contribution in [1.29, 1.82) is 0 Å². The number of carbonyl (C=O) groups excluding carboxylic acids is 2. The number of rotatable bonds is 11. The second-order valence-electron chi connectivity index (χ2n) is 8.97. The summed E-state index contributed by atoms with van der Waals surface area (Å²) in [6, 6.07) is 15.7. The van der Waals surface area contributed by atoms with Gasteiger partial charge in [0, 0.05) is 31.7 Å². The van der Waals surface area contributed by atoms with Gasteiger partial charge in [-0.15, -0.1) is 0 Å². The molecular formula is C31H41FN2O7. The molecule has 0 saturated heterocycles. The van der Waals surface area contributed by atoms with E-state index in [0.29, 0.717) is 26.1 Å². The number of aryl methyl sites for hydroxylation is 2. The number of benzene rings is 2. The Morgan fingerprint density at radius 1 is 1.00 bits per heavy atom. The van der Waals surface area contributed by atoms with E-state index in [2.05, 4.69) is 4.98 Å². The van der Waals surface area contributed by atoms with Gasteiger partial charge in [-0.25, -0.2) is 9.37 Å². The Kier molecular flexibility index (Phi) is 16.1. The molecule has 3 rings (SSSR count). The fourth-order valence-corrected chi connectivity index (χ4v) is 3.25. The molecule has 9 nitrogen and oxygen atoms in total. The number of amides is 1. The molecule has 0 spiro atoms. The van der Waals surface area contributed by atoms with Crippen LogP contribution in [0.25, 0.3) is 0 Å². The van der Waals surface area contributed by atoms with E-state index >= 15 is 0 Å². The van der Waals surface area contributed by atoms with Gasteiger partial charge in [0.25, 0.3) is 5.91 Å². The van der Waals surface area contributed by atoms with Crippen LogP contribution in [0, 0.1) is 19.7 Å². The van der Waals surface area contributed by atoms with E-state index in [9.17, 15) is 19.1 Å². The minimum Gasteiger partial charge on any atom is -0.503 e. The van der Waals surface area contributed by atoms with Crippen molar-refractivity contribution in [2.45, 2.75) is 59.7 Å². The van der Waals surface area contributed by atoms with E-state index in [4.69, 9.17) is 24.7 Å². The number of esters is 1. The molecule has 3 aromatic rings. The highest BCUT2D eigenvalue weighted by atomic mass is 19.1. The first kappa shape index (κ1) is 34.8. The molecule has 0 aliphatic carbocycles. The van der Waals surface area contributed by atoms with E-state index in [0.717, 1.165) is 11.3 Å². The molecule has 0 bridgehead atoms. The Hall–Kier alpha value is -4.18. The second-order valence-corrected chi connectivity index (χ2v) is 8.97. The third kappa shape index (κ3) is 14.1. The molecule has 3 N–H and O–H groups in total. The van der Waals surface area contributed by atoms with Gasteiger partial charge in [0.2, 0.25) is 0 Å². The molecule has 0 aliphatic rings. The van der Waals surface area contributed by atoms with Crippen molar-refractivity contribution in [2.24, 2.45) is 5.73 Å². The summed E-state index contributed by atoms with van der Waals surface area (Å²) >= 11 is 0. The van der Waals surface area contributed by atoms with Crippen LogP contribution in [0.4, 0.5) is 4.39 Å². The number of aromatic hydroxyl groups is 1. The number of methoxy groups -OCH3 is 1. The van der Waals surface area contributed by atoms with Crippen molar-refractivity contribution in [1.82, 2.24) is 4.98 Å². The molecule has 41 heavy (non-hydrogen) atoms. The van der Waals surface area contributed by atoms with Gasteiger partial charge in [-0.2, -0.15) is 0 Å². The Labute approximate surface area is 241 Å².